The Balaban J connectivity index is 1.37. The Bertz CT molecular complexity index is 1050. The first-order chi connectivity index (χ1) is 15.1. The summed E-state index contributed by atoms with van der Waals surface area (Å²) in [5, 5.41) is 5.89. The highest BCUT2D eigenvalue weighted by molar-refractivity contribution is 5.93. The second kappa shape index (κ2) is 9.64. The lowest BCUT2D eigenvalue weighted by atomic mass is 10.2. The summed E-state index contributed by atoms with van der Waals surface area (Å²) in [6.07, 6.45) is 5.25. The molecule has 0 aliphatic carbocycles. The van der Waals surface area contributed by atoms with Gasteiger partial charge in [-0.1, -0.05) is 31.9 Å². The van der Waals surface area contributed by atoms with Crippen molar-refractivity contribution < 1.29 is 9.59 Å². The summed E-state index contributed by atoms with van der Waals surface area (Å²) in [6, 6.07) is 15.0. The van der Waals surface area contributed by atoms with Crippen molar-refractivity contribution in [3.63, 3.8) is 0 Å². The first-order valence-corrected chi connectivity index (χ1v) is 11.0. The average molecular weight is 420 g/mol. The number of urea groups is 1. The van der Waals surface area contributed by atoms with Crippen molar-refractivity contribution in [3.8, 4) is 0 Å². The van der Waals surface area contributed by atoms with Crippen LogP contribution in [0.1, 0.15) is 38.4 Å². The predicted octanol–water partition coefficient (Wildman–Crippen LogP) is 4.65. The van der Waals surface area contributed by atoms with E-state index in [1.807, 2.05) is 64.9 Å². The van der Waals surface area contributed by atoms with Gasteiger partial charge in [0.2, 0.25) is 5.91 Å². The maximum absolute atomic E-state index is 12.7. The van der Waals surface area contributed by atoms with Gasteiger partial charge in [-0.25, -0.2) is 9.78 Å². The molecule has 2 heterocycles. The number of aromatic nitrogens is 2. The summed E-state index contributed by atoms with van der Waals surface area (Å²) in [4.78, 5) is 31.6. The van der Waals surface area contributed by atoms with E-state index in [1.54, 1.807) is 0 Å². The largest absolute Gasteiger partial charge is 0.325 e. The lowest BCUT2D eigenvalue weighted by molar-refractivity contribution is -0.116. The molecule has 2 aromatic carbocycles. The molecule has 0 atom stereocenters. The third kappa shape index (κ3) is 5.05. The Morgan fingerprint density at radius 3 is 2.23 bits per heavy atom. The molecule has 0 spiro atoms. The SMILES string of the molecule is CCc1nc2ccccc2n1CC(=O)Nc1ccc(NC(=O)N2CCCCCC2)cc1. The van der Waals surface area contributed by atoms with Gasteiger partial charge in [0.15, 0.2) is 0 Å². The van der Waals surface area contributed by atoms with E-state index < -0.39 is 0 Å². The first kappa shape index (κ1) is 20.9. The van der Waals surface area contributed by atoms with E-state index in [9.17, 15) is 9.59 Å². The molecule has 31 heavy (non-hydrogen) atoms. The molecule has 1 aliphatic rings. The van der Waals surface area contributed by atoms with E-state index in [2.05, 4.69) is 15.6 Å². The van der Waals surface area contributed by atoms with E-state index in [-0.39, 0.29) is 18.5 Å². The fourth-order valence-electron chi connectivity index (χ4n) is 4.03. The maximum atomic E-state index is 12.7. The molecule has 1 fully saturated rings. The molecule has 3 aromatic rings. The Hall–Kier alpha value is -3.35. The summed E-state index contributed by atoms with van der Waals surface area (Å²) in [7, 11) is 0. The highest BCUT2D eigenvalue weighted by Crippen LogP contribution is 2.18. The third-order valence-corrected chi connectivity index (χ3v) is 5.66. The number of aryl methyl sites for hydroxylation is 1. The smallest absolute Gasteiger partial charge is 0.321 e. The molecule has 0 bridgehead atoms. The van der Waals surface area contributed by atoms with Crippen LogP contribution >= 0.6 is 0 Å². The van der Waals surface area contributed by atoms with E-state index >= 15 is 0 Å². The number of benzene rings is 2. The molecule has 3 amide bonds. The summed E-state index contributed by atoms with van der Waals surface area (Å²) < 4.78 is 1.96. The number of fused-ring (bicyclic) bond motifs is 1. The fraction of sp³-hybridized carbons (Fsp3) is 0.375. The molecule has 4 rings (SSSR count). The normalized spacial score (nSPS) is 14.3. The number of nitrogens with one attached hydrogen (secondary N) is 2. The summed E-state index contributed by atoms with van der Waals surface area (Å²) in [5.41, 5.74) is 3.28. The Labute approximate surface area is 182 Å². The number of nitrogens with zero attached hydrogens (tertiary/aromatic N) is 3. The molecule has 162 valence electrons. The topological polar surface area (TPSA) is 79.3 Å². The highest BCUT2D eigenvalue weighted by Gasteiger charge is 2.16. The molecule has 0 radical (unpaired) electrons. The number of amides is 3. The van der Waals surface area contributed by atoms with Crippen molar-refractivity contribution in [1.82, 2.24) is 14.5 Å². The minimum Gasteiger partial charge on any atom is -0.325 e. The Morgan fingerprint density at radius 2 is 1.55 bits per heavy atom. The zero-order chi connectivity index (χ0) is 21.6. The van der Waals surface area contributed by atoms with Crippen LogP contribution in [-0.2, 0) is 17.8 Å². The first-order valence-electron chi connectivity index (χ1n) is 11.0. The summed E-state index contributed by atoms with van der Waals surface area (Å²) in [6.45, 7) is 3.86. The minimum atomic E-state index is -0.112. The van der Waals surface area contributed by atoms with Crippen molar-refractivity contribution in [1.29, 1.82) is 0 Å². The van der Waals surface area contributed by atoms with Crippen LogP contribution in [0.25, 0.3) is 11.0 Å². The van der Waals surface area contributed by atoms with Gasteiger partial charge >= 0.3 is 6.03 Å². The number of anilines is 2. The maximum Gasteiger partial charge on any atom is 0.321 e. The standard InChI is InChI=1S/C24H29N5O2/c1-2-22-27-20-9-5-6-10-21(20)29(22)17-23(30)25-18-11-13-19(14-12-18)26-24(31)28-15-7-3-4-8-16-28/h5-6,9-14H,2-4,7-8,15-17H2,1H3,(H,25,30)(H,26,31). The van der Waals surface area contributed by atoms with Crippen LogP contribution in [-0.4, -0.2) is 39.5 Å². The van der Waals surface area contributed by atoms with E-state index in [4.69, 9.17) is 0 Å². The van der Waals surface area contributed by atoms with Gasteiger partial charge in [0, 0.05) is 30.9 Å². The quantitative estimate of drug-likeness (QED) is 0.632. The molecule has 0 saturated carbocycles. The van der Waals surface area contributed by atoms with Crippen LogP contribution in [0.4, 0.5) is 16.2 Å². The Morgan fingerprint density at radius 1 is 0.903 bits per heavy atom. The number of carbonyl (C=O) groups is 2. The highest BCUT2D eigenvalue weighted by atomic mass is 16.2. The number of carbonyl (C=O) groups excluding carboxylic acids is 2. The van der Waals surface area contributed by atoms with Crippen molar-refractivity contribution in [2.75, 3.05) is 23.7 Å². The minimum absolute atomic E-state index is 0.0576. The number of rotatable bonds is 5. The molecule has 0 unspecified atom stereocenters. The van der Waals surface area contributed by atoms with Gasteiger partial charge in [-0.15, -0.1) is 0 Å². The van der Waals surface area contributed by atoms with Crippen LogP contribution in [0, 0.1) is 0 Å². The number of likely N-dealkylation sites (tertiary alicyclic amines) is 1. The molecule has 7 heteroatoms. The van der Waals surface area contributed by atoms with Crippen molar-refractivity contribution in [2.45, 2.75) is 45.6 Å². The van der Waals surface area contributed by atoms with Crippen molar-refractivity contribution in [3.05, 3.63) is 54.4 Å². The number of imidazole rings is 1. The van der Waals surface area contributed by atoms with Gasteiger partial charge in [0.25, 0.3) is 0 Å². The fourth-order valence-corrected chi connectivity index (χ4v) is 4.03. The second-order valence-corrected chi connectivity index (χ2v) is 7.91. The molecule has 2 N–H and O–H groups in total. The van der Waals surface area contributed by atoms with Gasteiger partial charge in [0.05, 0.1) is 11.0 Å². The van der Waals surface area contributed by atoms with Crippen LogP contribution in [0.3, 0.4) is 0 Å². The van der Waals surface area contributed by atoms with E-state index in [0.29, 0.717) is 5.69 Å². The number of hydrogen-bond acceptors (Lipinski definition) is 3. The van der Waals surface area contributed by atoms with Crippen LogP contribution in [0.5, 0.6) is 0 Å². The summed E-state index contributed by atoms with van der Waals surface area (Å²) in [5.74, 6) is 0.780. The van der Waals surface area contributed by atoms with Crippen molar-refractivity contribution in [2.24, 2.45) is 0 Å². The van der Waals surface area contributed by atoms with Gasteiger partial charge in [0.1, 0.15) is 12.4 Å². The number of hydrogen-bond donors (Lipinski definition) is 2. The predicted molar refractivity (Wildman–Crippen MR) is 123 cm³/mol. The van der Waals surface area contributed by atoms with Gasteiger partial charge < -0.3 is 20.1 Å². The molecule has 1 aliphatic heterocycles. The second-order valence-electron chi connectivity index (χ2n) is 7.91. The van der Waals surface area contributed by atoms with Crippen LogP contribution < -0.4 is 10.6 Å². The molecule has 1 saturated heterocycles. The van der Waals surface area contributed by atoms with Crippen molar-refractivity contribution >= 4 is 34.3 Å². The van der Waals surface area contributed by atoms with Crippen LogP contribution in [0.15, 0.2) is 48.5 Å². The van der Waals surface area contributed by atoms with E-state index in [1.165, 1.54) is 12.8 Å². The monoisotopic (exact) mass is 419 g/mol. The lowest BCUT2D eigenvalue weighted by Crippen LogP contribution is -2.35. The molecular formula is C24H29N5O2. The third-order valence-electron chi connectivity index (χ3n) is 5.66. The summed E-state index contributed by atoms with van der Waals surface area (Å²) >= 11 is 0. The number of para-hydroxylation sites is 2. The zero-order valence-electron chi connectivity index (χ0n) is 17.9. The van der Waals surface area contributed by atoms with Gasteiger partial charge in [-0.3, -0.25) is 4.79 Å². The average Bonchev–Trinajstić information content (AvgIpc) is 2.94. The van der Waals surface area contributed by atoms with Gasteiger partial charge in [-0.05, 0) is 49.2 Å². The lowest BCUT2D eigenvalue weighted by Gasteiger charge is -2.20. The van der Waals surface area contributed by atoms with E-state index in [0.717, 1.165) is 54.9 Å². The van der Waals surface area contributed by atoms with Crippen LogP contribution in [0.2, 0.25) is 0 Å². The molecule has 1 aromatic heterocycles. The molecular weight excluding hydrogens is 390 g/mol. The zero-order valence-corrected chi connectivity index (χ0v) is 17.9. The van der Waals surface area contributed by atoms with Gasteiger partial charge in [-0.2, -0.15) is 0 Å². The molecule has 7 nitrogen and oxygen atoms in total. The Kier molecular flexibility index (Phi) is 6.50.